The number of para-hydroxylation sites is 1. The number of halogens is 3. The fraction of sp³-hybridized carbons (Fsp3) is 0. The van der Waals surface area contributed by atoms with Crippen LogP contribution in [0.4, 0.5) is 4.39 Å². The zero-order valence-corrected chi connectivity index (χ0v) is 17.0. The minimum atomic E-state index is -0.395. The molecule has 3 aromatic carbocycles. The summed E-state index contributed by atoms with van der Waals surface area (Å²) in [7, 11) is 0. The van der Waals surface area contributed by atoms with E-state index in [9.17, 15) is 9.18 Å². The number of aromatic nitrogens is 1. The first kappa shape index (κ1) is 20.0. The lowest BCUT2D eigenvalue weighted by Gasteiger charge is -2.09. The maximum atomic E-state index is 13.3. The zero-order chi connectivity index (χ0) is 21.1. The number of carbonyl (C=O) groups excluding carboxylic acids is 1. The van der Waals surface area contributed by atoms with E-state index in [0.717, 1.165) is 0 Å². The van der Waals surface area contributed by atoms with Crippen LogP contribution in [0, 0.1) is 5.82 Å². The van der Waals surface area contributed by atoms with Gasteiger partial charge in [0.2, 0.25) is 0 Å². The first-order chi connectivity index (χ1) is 14.5. The molecule has 148 valence electrons. The van der Waals surface area contributed by atoms with E-state index in [0.29, 0.717) is 43.3 Å². The molecule has 0 radical (unpaired) electrons. The number of nitrogens with one attached hydrogen (secondary N) is 1. The number of hydrazone groups is 1. The Bertz CT molecular complexity index is 1270. The number of nitrogens with zero attached hydrogens (tertiary/aromatic N) is 2. The summed E-state index contributed by atoms with van der Waals surface area (Å²) in [5, 5.41) is 5.54. The highest BCUT2D eigenvalue weighted by Gasteiger charge is 2.13. The van der Waals surface area contributed by atoms with Gasteiger partial charge in [-0.2, -0.15) is 5.10 Å². The van der Waals surface area contributed by atoms with Crippen LogP contribution in [0.3, 0.4) is 0 Å². The van der Waals surface area contributed by atoms with Gasteiger partial charge in [-0.25, -0.2) is 14.8 Å². The highest BCUT2D eigenvalue weighted by Crippen LogP contribution is 2.25. The van der Waals surface area contributed by atoms with Gasteiger partial charge in [0.15, 0.2) is 0 Å². The highest BCUT2D eigenvalue weighted by atomic mass is 35.5. The summed E-state index contributed by atoms with van der Waals surface area (Å²) in [4.78, 5) is 17.4. The van der Waals surface area contributed by atoms with Gasteiger partial charge in [0.25, 0.3) is 5.91 Å². The van der Waals surface area contributed by atoms with Crippen molar-refractivity contribution < 1.29 is 9.18 Å². The van der Waals surface area contributed by atoms with E-state index in [-0.39, 0.29) is 5.82 Å². The van der Waals surface area contributed by atoms with Crippen molar-refractivity contribution in [1.82, 2.24) is 10.4 Å². The van der Waals surface area contributed by atoms with E-state index in [1.807, 2.05) is 24.3 Å². The van der Waals surface area contributed by atoms with Gasteiger partial charge in [-0.3, -0.25) is 4.79 Å². The van der Waals surface area contributed by atoms with Crippen LogP contribution < -0.4 is 5.43 Å². The molecule has 0 aliphatic rings. The lowest BCUT2D eigenvalue weighted by Crippen LogP contribution is -2.18. The molecular weight excluding hydrogens is 424 g/mol. The van der Waals surface area contributed by atoms with E-state index < -0.39 is 5.91 Å². The van der Waals surface area contributed by atoms with Crippen LogP contribution >= 0.6 is 23.2 Å². The number of benzene rings is 3. The number of hydrogen-bond acceptors (Lipinski definition) is 3. The van der Waals surface area contributed by atoms with Gasteiger partial charge in [0.05, 0.1) is 33.0 Å². The molecule has 30 heavy (non-hydrogen) atoms. The Kier molecular flexibility index (Phi) is 5.74. The largest absolute Gasteiger partial charge is 0.272 e. The van der Waals surface area contributed by atoms with E-state index in [1.165, 1.54) is 18.3 Å². The van der Waals surface area contributed by atoms with Crippen LogP contribution in [0.2, 0.25) is 10.0 Å². The van der Waals surface area contributed by atoms with Crippen molar-refractivity contribution in [2.75, 3.05) is 0 Å². The molecule has 4 rings (SSSR count). The van der Waals surface area contributed by atoms with Crippen molar-refractivity contribution in [2.24, 2.45) is 5.10 Å². The normalized spacial score (nSPS) is 11.2. The number of rotatable bonds is 4. The van der Waals surface area contributed by atoms with Crippen LogP contribution in [0.25, 0.3) is 22.2 Å². The Morgan fingerprint density at radius 2 is 1.73 bits per heavy atom. The first-order valence-corrected chi connectivity index (χ1v) is 9.71. The van der Waals surface area contributed by atoms with Gasteiger partial charge in [-0.05, 0) is 54.1 Å². The summed E-state index contributed by atoms with van der Waals surface area (Å²) in [6.07, 6.45) is 1.48. The first-order valence-electron chi connectivity index (χ1n) is 8.95. The van der Waals surface area contributed by atoms with Gasteiger partial charge < -0.3 is 0 Å². The Hall–Kier alpha value is -3.28. The van der Waals surface area contributed by atoms with Crippen LogP contribution in [0.5, 0.6) is 0 Å². The molecule has 1 amide bonds. The van der Waals surface area contributed by atoms with Crippen molar-refractivity contribution in [3.8, 4) is 11.3 Å². The molecule has 0 spiro atoms. The van der Waals surface area contributed by atoms with Crippen molar-refractivity contribution in [2.45, 2.75) is 0 Å². The van der Waals surface area contributed by atoms with Gasteiger partial charge in [-0.1, -0.05) is 47.5 Å². The fourth-order valence-corrected chi connectivity index (χ4v) is 3.26. The molecular formula is C23H14Cl2FN3O. The van der Waals surface area contributed by atoms with E-state index in [2.05, 4.69) is 15.5 Å². The lowest BCUT2D eigenvalue weighted by molar-refractivity contribution is 0.0956. The minimum Gasteiger partial charge on any atom is -0.267 e. The van der Waals surface area contributed by atoms with Crippen LogP contribution in [0.1, 0.15) is 15.9 Å². The summed E-state index contributed by atoms with van der Waals surface area (Å²) in [6.45, 7) is 0. The molecule has 0 aliphatic heterocycles. The third-order valence-electron chi connectivity index (χ3n) is 4.42. The molecule has 0 unspecified atom stereocenters. The van der Waals surface area contributed by atoms with Crippen molar-refractivity contribution in [3.05, 3.63) is 99.8 Å². The summed E-state index contributed by atoms with van der Waals surface area (Å²) in [6, 6.07) is 20.0. The van der Waals surface area contributed by atoms with Crippen molar-refractivity contribution in [3.63, 3.8) is 0 Å². The molecule has 1 N–H and O–H groups in total. The monoisotopic (exact) mass is 437 g/mol. The second kappa shape index (κ2) is 8.61. The number of pyridine rings is 1. The third kappa shape index (κ3) is 4.32. The topological polar surface area (TPSA) is 54.4 Å². The van der Waals surface area contributed by atoms with Gasteiger partial charge in [-0.15, -0.1) is 0 Å². The van der Waals surface area contributed by atoms with Crippen molar-refractivity contribution >= 4 is 46.2 Å². The molecule has 0 bridgehead atoms. The molecule has 0 fully saturated rings. The predicted octanol–water partition coefficient (Wildman–Crippen LogP) is 6.11. The SMILES string of the molecule is O=C(NN=Cc1ccc(Cl)c(Cl)c1)c1cc(-c2ccc(F)cc2)nc2ccccc12. The maximum absolute atomic E-state index is 13.3. The van der Waals surface area contributed by atoms with E-state index in [1.54, 1.807) is 36.4 Å². The standard InChI is InChI=1S/C23H14Cl2FN3O/c24-19-10-5-14(11-20(19)25)13-27-29-23(30)18-12-22(15-6-8-16(26)9-7-15)28-21-4-2-1-3-17(18)21/h1-13H,(H,29,30). The average molecular weight is 438 g/mol. The predicted molar refractivity (Wildman–Crippen MR) is 119 cm³/mol. The molecule has 7 heteroatoms. The molecule has 0 saturated carbocycles. The Morgan fingerprint density at radius 3 is 2.50 bits per heavy atom. The molecule has 4 aromatic rings. The molecule has 1 aromatic heterocycles. The number of amides is 1. The van der Waals surface area contributed by atoms with E-state index in [4.69, 9.17) is 23.2 Å². The Labute approximate surface area is 182 Å². The molecule has 4 nitrogen and oxygen atoms in total. The second-order valence-corrected chi connectivity index (χ2v) is 7.27. The Morgan fingerprint density at radius 1 is 0.967 bits per heavy atom. The molecule has 0 aliphatic carbocycles. The van der Waals surface area contributed by atoms with Crippen molar-refractivity contribution in [1.29, 1.82) is 0 Å². The summed E-state index contributed by atoms with van der Waals surface area (Å²) in [5.74, 6) is -0.734. The summed E-state index contributed by atoms with van der Waals surface area (Å²) < 4.78 is 13.3. The second-order valence-electron chi connectivity index (χ2n) is 6.45. The summed E-state index contributed by atoms with van der Waals surface area (Å²) in [5.41, 5.74) is 5.55. The quantitative estimate of drug-likeness (QED) is 0.309. The summed E-state index contributed by atoms with van der Waals surface area (Å²) >= 11 is 11.9. The van der Waals surface area contributed by atoms with E-state index >= 15 is 0 Å². The third-order valence-corrected chi connectivity index (χ3v) is 5.16. The molecule has 0 saturated heterocycles. The van der Waals surface area contributed by atoms with Crippen LogP contribution in [-0.4, -0.2) is 17.1 Å². The molecule has 1 heterocycles. The van der Waals surface area contributed by atoms with Crippen LogP contribution in [-0.2, 0) is 0 Å². The smallest absolute Gasteiger partial charge is 0.267 e. The highest BCUT2D eigenvalue weighted by molar-refractivity contribution is 6.42. The number of hydrogen-bond donors (Lipinski definition) is 1. The minimum absolute atomic E-state index is 0.339. The number of carbonyl (C=O) groups is 1. The lowest BCUT2D eigenvalue weighted by atomic mass is 10.0. The van der Waals surface area contributed by atoms with Gasteiger partial charge in [0.1, 0.15) is 5.82 Å². The van der Waals surface area contributed by atoms with Crippen LogP contribution in [0.15, 0.2) is 77.9 Å². The fourth-order valence-electron chi connectivity index (χ4n) is 2.95. The maximum Gasteiger partial charge on any atom is 0.272 e. The van der Waals surface area contributed by atoms with Gasteiger partial charge >= 0.3 is 0 Å². The average Bonchev–Trinajstić information content (AvgIpc) is 2.76. The molecule has 0 atom stereocenters. The zero-order valence-electron chi connectivity index (χ0n) is 15.4. The number of fused-ring (bicyclic) bond motifs is 1. The Balaban J connectivity index is 1.66. The van der Waals surface area contributed by atoms with Gasteiger partial charge in [0, 0.05) is 10.9 Å².